The molecule has 4 nitrogen and oxygen atoms in total. The monoisotopic (exact) mass is 209 g/mol. The average molecular weight is 209 g/mol. The van der Waals surface area contributed by atoms with Crippen LogP contribution in [0.15, 0.2) is 10.6 Å². The summed E-state index contributed by atoms with van der Waals surface area (Å²) in [4.78, 5) is 2.31. The van der Waals surface area contributed by atoms with Crippen LogP contribution in [0.3, 0.4) is 0 Å². The predicted molar refractivity (Wildman–Crippen MR) is 58.3 cm³/mol. The Balaban J connectivity index is 1.80. The van der Waals surface area contributed by atoms with Gasteiger partial charge in [-0.2, -0.15) is 0 Å². The smallest absolute Gasteiger partial charge is 0.151 e. The first kappa shape index (κ1) is 10.6. The molecule has 4 heteroatoms. The Hall–Kier alpha value is -0.870. The third kappa shape index (κ3) is 3.32. The van der Waals surface area contributed by atoms with Crippen LogP contribution in [0.5, 0.6) is 0 Å². The number of nitrogens with one attached hydrogen (secondary N) is 1. The molecule has 84 valence electrons. The van der Waals surface area contributed by atoms with Crippen molar-refractivity contribution in [2.75, 3.05) is 20.6 Å². The molecule has 0 radical (unpaired) electrons. The maximum atomic E-state index is 5.26. The van der Waals surface area contributed by atoms with Crippen molar-refractivity contribution >= 4 is 0 Å². The average Bonchev–Trinajstić information content (AvgIpc) is 2.88. The molecule has 1 saturated carbocycles. The Labute approximate surface area is 90.6 Å². The van der Waals surface area contributed by atoms with Crippen LogP contribution in [0.1, 0.15) is 24.3 Å². The summed E-state index contributed by atoms with van der Waals surface area (Å²) in [6, 6.07) is 2.03. The van der Waals surface area contributed by atoms with E-state index in [1.165, 1.54) is 19.4 Å². The summed E-state index contributed by atoms with van der Waals surface area (Å²) in [5.41, 5.74) is 0.979. The first-order valence-electron chi connectivity index (χ1n) is 5.55. The molecule has 0 spiro atoms. The number of aromatic nitrogens is 1. The van der Waals surface area contributed by atoms with Gasteiger partial charge in [0.05, 0.1) is 12.2 Å². The Bertz CT molecular complexity index is 307. The van der Waals surface area contributed by atoms with Gasteiger partial charge in [0.25, 0.3) is 0 Å². The van der Waals surface area contributed by atoms with Crippen molar-refractivity contribution in [2.24, 2.45) is 5.92 Å². The molecule has 1 aromatic rings. The zero-order chi connectivity index (χ0) is 10.7. The fourth-order valence-electron chi connectivity index (χ4n) is 1.77. The zero-order valence-electron chi connectivity index (χ0n) is 9.49. The number of rotatable bonds is 6. The minimum Gasteiger partial charge on any atom is -0.360 e. The molecule has 0 unspecified atom stereocenters. The lowest BCUT2D eigenvalue weighted by Crippen LogP contribution is -2.20. The van der Waals surface area contributed by atoms with Crippen LogP contribution in [-0.4, -0.2) is 30.7 Å². The highest BCUT2D eigenvalue weighted by molar-refractivity contribution is 5.04. The van der Waals surface area contributed by atoms with Crippen LogP contribution in [0.4, 0.5) is 0 Å². The molecule has 1 heterocycles. The van der Waals surface area contributed by atoms with E-state index in [0.717, 1.165) is 30.5 Å². The summed E-state index contributed by atoms with van der Waals surface area (Å²) < 4.78 is 5.26. The van der Waals surface area contributed by atoms with Gasteiger partial charge in [-0.25, -0.2) is 0 Å². The van der Waals surface area contributed by atoms with Crippen LogP contribution in [0.2, 0.25) is 0 Å². The van der Waals surface area contributed by atoms with Gasteiger partial charge in [0.15, 0.2) is 5.76 Å². The van der Waals surface area contributed by atoms with Gasteiger partial charge in [-0.1, -0.05) is 5.16 Å². The van der Waals surface area contributed by atoms with Crippen molar-refractivity contribution in [3.63, 3.8) is 0 Å². The molecule has 1 N–H and O–H groups in total. The molecule has 0 bridgehead atoms. The molecule has 1 fully saturated rings. The quantitative estimate of drug-likeness (QED) is 0.765. The van der Waals surface area contributed by atoms with Gasteiger partial charge in [0, 0.05) is 19.2 Å². The number of nitrogens with zero attached hydrogens (tertiary/aromatic N) is 2. The van der Waals surface area contributed by atoms with Crippen LogP contribution in [0.25, 0.3) is 0 Å². The van der Waals surface area contributed by atoms with E-state index in [-0.39, 0.29) is 0 Å². The van der Waals surface area contributed by atoms with Crippen molar-refractivity contribution in [1.29, 1.82) is 0 Å². The summed E-state index contributed by atoms with van der Waals surface area (Å²) in [6.07, 6.45) is 2.79. The van der Waals surface area contributed by atoms with Gasteiger partial charge < -0.3 is 9.84 Å². The SMILES string of the molecule is CNCc1cc(CN(C)CC2CC2)on1. The lowest BCUT2D eigenvalue weighted by Gasteiger charge is -2.13. The fourth-order valence-corrected chi connectivity index (χ4v) is 1.77. The third-order valence-electron chi connectivity index (χ3n) is 2.66. The van der Waals surface area contributed by atoms with Crippen molar-refractivity contribution in [3.8, 4) is 0 Å². The summed E-state index contributed by atoms with van der Waals surface area (Å²) in [6.45, 7) is 2.82. The second-order valence-corrected chi connectivity index (χ2v) is 4.46. The van der Waals surface area contributed by atoms with E-state index in [1.54, 1.807) is 0 Å². The van der Waals surface area contributed by atoms with Crippen molar-refractivity contribution in [2.45, 2.75) is 25.9 Å². The molecule has 2 rings (SSSR count). The highest BCUT2D eigenvalue weighted by atomic mass is 16.5. The second kappa shape index (κ2) is 4.77. The highest BCUT2D eigenvalue weighted by Crippen LogP contribution is 2.29. The predicted octanol–water partition coefficient (Wildman–Crippen LogP) is 1.24. The van der Waals surface area contributed by atoms with E-state index in [2.05, 4.69) is 22.4 Å². The summed E-state index contributed by atoms with van der Waals surface area (Å²) in [5, 5.41) is 7.05. The summed E-state index contributed by atoms with van der Waals surface area (Å²) in [7, 11) is 4.05. The zero-order valence-corrected chi connectivity index (χ0v) is 9.49. The van der Waals surface area contributed by atoms with Crippen molar-refractivity contribution in [3.05, 3.63) is 17.5 Å². The molecule has 1 aliphatic rings. The molecule has 15 heavy (non-hydrogen) atoms. The van der Waals surface area contributed by atoms with E-state index in [0.29, 0.717) is 0 Å². The summed E-state index contributed by atoms with van der Waals surface area (Å²) in [5.74, 6) is 1.89. The molecule has 0 aromatic carbocycles. The van der Waals surface area contributed by atoms with Crippen LogP contribution in [0, 0.1) is 5.92 Å². The number of hydrogen-bond acceptors (Lipinski definition) is 4. The maximum Gasteiger partial charge on any atom is 0.151 e. The standard InChI is InChI=1S/C11H19N3O/c1-12-6-10-5-11(15-13-10)8-14(2)7-9-3-4-9/h5,9,12H,3-4,6-8H2,1-2H3. The molecule has 0 atom stereocenters. The largest absolute Gasteiger partial charge is 0.360 e. The molecule has 1 aromatic heterocycles. The maximum absolute atomic E-state index is 5.26. The van der Waals surface area contributed by atoms with Gasteiger partial charge in [-0.3, -0.25) is 4.90 Å². The van der Waals surface area contributed by atoms with Crippen molar-refractivity contribution in [1.82, 2.24) is 15.4 Å². The first-order valence-corrected chi connectivity index (χ1v) is 5.55. The van der Waals surface area contributed by atoms with Gasteiger partial charge in [0.2, 0.25) is 0 Å². The molecule has 0 saturated heterocycles. The first-order chi connectivity index (χ1) is 7.28. The van der Waals surface area contributed by atoms with Gasteiger partial charge >= 0.3 is 0 Å². The van der Waals surface area contributed by atoms with Crippen molar-refractivity contribution < 1.29 is 4.52 Å². The van der Waals surface area contributed by atoms with Gasteiger partial charge in [-0.05, 0) is 32.9 Å². The van der Waals surface area contributed by atoms with E-state index in [1.807, 2.05) is 13.1 Å². The van der Waals surface area contributed by atoms with E-state index < -0.39 is 0 Å². The Morgan fingerprint density at radius 3 is 3.07 bits per heavy atom. The van der Waals surface area contributed by atoms with Gasteiger partial charge in [-0.15, -0.1) is 0 Å². The molecule has 0 aliphatic heterocycles. The fraction of sp³-hybridized carbons (Fsp3) is 0.727. The molecular formula is C11H19N3O. The minimum atomic E-state index is 0.774. The van der Waals surface area contributed by atoms with E-state index >= 15 is 0 Å². The lowest BCUT2D eigenvalue weighted by atomic mass is 10.3. The van der Waals surface area contributed by atoms with Crippen LogP contribution >= 0.6 is 0 Å². The lowest BCUT2D eigenvalue weighted by molar-refractivity contribution is 0.263. The normalized spacial score (nSPS) is 16.2. The third-order valence-corrected chi connectivity index (χ3v) is 2.66. The molecule has 0 amide bonds. The Morgan fingerprint density at radius 1 is 1.60 bits per heavy atom. The van der Waals surface area contributed by atoms with Crippen LogP contribution < -0.4 is 5.32 Å². The summed E-state index contributed by atoms with van der Waals surface area (Å²) >= 11 is 0. The van der Waals surface area contributed by atoms with E-state index in [4.69, 9.17) is 4.52 Å². The van der Waals surface area contributed by atoms with Crippen LogP contribution in [-0.2, 0) is 13.1 Å². The topological polar surface area (TPSA) is 41.3 Å². The Kier molecular flexibility index (Phi) is 3.38. The molecular weight excluding hydrogens is 190 g/mol. The molecule has 1 aliphatic carbocycles. The number of hydrogen-bond donors (Lipinski definition) is 1. The van der Waals surface area contributed by atoms with E-state index in [9.17, 15) is 0 Å². The van der Waals surface area contributed by atoms with Gasteiger partial charge in [0.1, 0.15) is 0 Å². The highest BCUT2D eigenvalue weighted by Gasteiger charge is 2.23. The second-order valence-electron chi connectivity index (χ2n) is 4.46. The minimum absolute atomic E-state index is 0.774. The Morgan fingerprint density at radius 2 is 2.40 bits per heavy atom.